The zero-order valence-electron chi connectivity index (χ0n) is 17.1. The van der Waals surface area contributed by atoms with Gasteiger partial charge in [0.05, 0.1) is 9.82 Å². The van der Waals surface area contributed by atoms with Gasteiger partial charge in [-0.25, -0.2) is 8.42 Å². The number of hydrogen-bond donors (Lipinski definition) is 0. The molecule has 2 aromatic heterocycles. The van der Waals surface area contributed by atoms with Crippen molar-refractivity contribution in [2.24, 2.45) is 0 Å². The van der Waals surface area contributed by atoms with Crippen molar-refractivity contribution < 1.29 is 18.1 Å². The molecule has 1 aromatic carbocycles. The SMILES string of the molecule is Cc1cc(S(=O)(=O)N2CCN(C(=O)Cn3ccc4cc([N+](=O)[O-])ccc43)CC2)c(C)s1. The zero-order valence-corrected chi connectivity index (χ0v) is 18.8. The molecule has 0 bridgehead atoms. The molecule has 4 rings (SSSR count). The van der Waals surface area contributed by atoms with E-state index in [9.17, 15) is 23.3 Å². The van der Waals surface area contributed by atoms with Crippen LogP contribution in [-0.4, -0.2) is 59.2 Å². The van der Waals surface area contributed by atoms with Crippen LogP contribution in [0.3, 0.4) is 0 Å². The summed E-state index contributed by atoms with van der Waals surface area (Å²) in [5, 5.41) is 11.6. The molecular weight excluding hydrogens is 440 g/mol. The Morgan fingerprint density at radius 1 is 1.13 bits per heavy atom. The summed E-state index contributed by atoms with van der Waals surface area (Å²) in [6.45, 7) is 4.94. The number of thiophene rings is 1. The summed E-state index contributed by atoms with van der Waals surface area (Å²) in [6.07, 6.45) is 1.73. The molecule has 0 saturated carbocycles. The number of sulfonamides is 1. The first kappa shape index (κ1) is 21.5. The molecule has 1 aliphatic heterocycles. The zero-order chi connectivity index (χ0) is 22.3. The molecule has 0 radical (unpaired) electrons. The molecule has 0 unspecified atom stereocenters. The summed E-state index contributed by atoms with van der Waals surface area (Å²) in [7, 11) is -3.57. The molecule has 0 spiro atoms. The van der Waals surface area contributed by atoms with Crippen LogP contribution in [0.2, 0.25) is 0 Å². The number of non-ortho nitro benzene ring substituents is 1. The number of hydrogen-bond acceptors (Lipinski definition) is 6. The summed E-state index contributed by atoms with van der Waals surface area (Å²) >= 11 is 1.46. The Hall–Kier alpha value is -2.76. The number of aromatic nitrogens is 1. The van der Waals surface area contributed by atoms with E-state index in [2.05, 4.69) is 0 Å². The van der Waals surface area contributed by atoms with Gasteiger partial charge in [-0.2, -0.15) is 4.31 Å². The fourth-order valence-electron chi connectivity index (χ4n) is 3.87. The first-order valence-electron chi connectivity index (χ1n) is 9.75. The highest BCUT2D eigenvalue weighted by atomic mass is 32.2. The first-order chi connectivity index (χ1) is 14.7. The number of aryl methyl sites for hydroxylation is 2. The molecule has 1 saturated heterocycles. The molecule has 1 fully saturated rings. The van der Waals surface area contributed by atoms with Crippen molar-refractivity contribution in [3.63, 3.8) is 0 Å². The lowest BCUT2D eigenvalue weighted by molar-refractivity contribution is -0.384. The molecule has 0 aliphatic carbocycles. The van der Waals surface area contributed by atoms with Gasteiger partial charge in [0.1, 0.15) is 6.54 Å². The highest BCUT2D eigenvalue weighted by Crippen LogP contribution is 2.28. The number of benzene rings is 1. The number of carbonyl (C=O) groups excluding carboxylic acids is 1. The molecule has 31 heavy (non-hydrogen) atoms. The average Bonchev–Trinajstić information content (AvgIpc) is 3.30. The number of amides is 1. The van der Waals surface area contributed by atoms with E-state index in [1.807, 2.05) is 6.92 Å². The Balaban J connectivity index is 1.42. The lowest BCUT2D eigenvalue weighted by atomic mass is 10.2. The van der Waals surface area contributed by atoms with Crippen LogP contribution in [0.25, 0.3) is 10.9 Å². The minimum Gasteiger partial charge on any atom is -0.339 e. The monoisotopic (exact) mass is 462 g/mol. The van der Waals surface area contributed by atoms with E-state index in [-0.39, 0.29) is 31.2 Å². The maximum Gasteiger partial charge on any atom is 0.270 e. The maximum atomic E-state index is 13.0. The Morgan fingerprint density at radius 2 is 1.84 bits per heavy atom. The lowest BCUT2D eigenvalue weighted by Crippen LogP contribution is -2.51. The molecule has 0 N–H and O–H groups in total. The Bertz CT molecular complexity index is 1270. The van der Waals surface area contributed by atoms with Crippen molar-refractivity contribution in [3.05, 3.63) is 56.4 Å². The number of nitro benzene ring substituents is 1. The van der Waals surface area contributed by atoms with Gasteiger partial charge >= 0.3 is 0 Å². The van der Waals surface area contributed by atoms with Gasteiger partial charge in [0.25, 0.3) is 5.69 Å². The molecular formula is C20H22N4O5S2. The van der Waals surface area contributed by atoms with Crippen molar-refractivity contribution in [2.75, 3.05) is 26.2 Å². The van der Waals surface area contributed by atoms with Crippen molar-refractivity contribution in [3.8, 4) is 0 Å². The van der Waals surface area contributed by atoms with E-state index in [0.29, 0.717) is 23.4 Å². The van der Waals surface area contributed by atoms with E-state index in [1.54, 1.807) is 40.8 Å². The van der Waals surface area contributed by atoms with Gasteiger partial charge < -0.3 is 9.47 Å². The molecule has 9 nitrogen and oxygen atoms in total. The van der Waals surface area contributed by atoms with Crippen LogP contribution in [0.15, 0.2) is 41.4 Å². The average molecular weight is 463 g/mol. The molecule has 0 atom stereocenters. The van der Waals surface area contributed by atoms with Crippen molar-refractivity contribution in [1.82, 2.24) is 13.8 Å². The smallest absolute Gasteiger partial charge is 0.270 e. The molecule has 1 amide bonds. The van der Waals surface area contributed by atoms with E-state index >= 15 is 0 Å². The second-order valence-electron chi connectivity index (χ2n) is 7.51. The topological polar surface area (TPSA) is 106 Å². The highest BCUT2D eigenvalue weighted by Gasteiger charge is 2.31. The van der Waals surface area contributed by atoms with Crippen LogP contribution in [-0.2, 0) is 21.4 Å². The standard InChI is InChI=1S/C20H22N4O5S2/c1-14-11-19(15(2)30-14)31(28,29)23-9-7-21(8-10-23)20(25)13-22-6-5-16-12-17(24(26)27)3-4-18(16)22/h3-6,11-12H,7-10,13H2,1-2H3. The third-order valence-electron chi connectivity index (χ3n) is 5.48. The van der Waals surface area contributed by atoms with E-state index < -0.39 is 14.9 Å². The third kappa shape index (κ3) is 4.08. The summed E-state index contributed by atoms with van der Waals surface area (Å²) in [6, 6.07) is 7.98. The van der Waals surface area contributed by atoms with Crippen LogP contribution in [0.1, 0.15) is 9.75 Å². The van der Waals surface area contributed by atoms with Gasteiger partial charge in [0.2, 0.25) is 15.9 Å². The largest absolute Gasteiger partial charge is 0.339 e. The van der Waals surface area contributed by atoms with Crippen molar-refractivity contribution in [1.29, 1.82) is 0 Å². The first-order valence-corrected chi connectivity index (χ1v) is 12.0. The van der Waals surface area contributed by atoms with Crippen LogP contribution in [0.4, 0.5) is 5.69 Å². The molecule has 3 aromatic rings. The van der Waals surface area contributed by atoms with E-state index in [1.165, 1.54) is 27.8 Å². The Morgan fingerprint density at radius 3 is 2.45 bits per heavy atom. The second-order valence-corrected chi connectivity index (χ2v) is 10.9. The molecule has 3 heterocycles. The summed E-state index contributed by atoms with van der Waals surface area (Å²) in [4.78, 5) is 27.0. The van der Waals surface area contributed by atoms with Crippen LogP contribution < -0.4 is 0 Å². The van der Waals surface area contributed by atoms with Crippen LogP contribution >= 0.6 is 11.3 Å². The molecule has 164 valence electrons. The van der Waals surface area contributed by atoms with Crippen LogP contribution in [0, 0.1) is 24.0 Å². The van der Waals surface area contributed by atoms with Crippen LogP contribution in [0.5, 0.6) is 0 Å². The third-order valence-corrected chi connectivity index (χ3v) is 8.60. The van der Waals surface area contributed by atoms with Gasteiger partial charge in [-0.3, -0.25) is 14.9 Å². The predicted molar refractivity (Wildman–Crippen MR) is 118 cm³/mol. The van der Waals surface area contributed by atoms with Gasteiger partial charge in [0.15, 0.2) is 0 Å². The van der Waals surface area contributed by atoms with Crippen molar-refractivity contribution >= 4 is 43.9 Å². The number of carbonyl (C=O) groups is 1. The fourth-order valence-corrected chi connectivity index (χ4v) is 6.81. The van der Waals surface area contributed by atoms with Gasteiger partial charge in [-0.1, -0.05) is 0 Å². The number of piperazine rings is 1. The van der Waals surface area contributed by atoms with Gasteiger partial charge in [-0.05, 0) is 32.0 Å². The predicted octanol–water partition coefficient (Wildman–Crippen LogP) is 2.76. The summed E-state index contributed by atoms with van der Waals surface area (Å²) in [5.74, 6) is -0.115. The van der Waals surface area contributed by atoms with Crippen molar-refractivity contribution in [2.45, 2.75) is 25.3 Å². The Kier molecular flexibility index (Phi) is 5.58. The fraction of sp³-hybridized carbons (Fsp3) is 0.350. The minimum absolute atomic E-state index is 0.00459. The lowest BCUT2D eigenvalue weighted by Gasteiger charge is -2.34. The van der Waals surface area contributed by atoms with E-state index in [0.717, 1.165) is 15.3 Å². The summed E-state index contributed by atoms with van der Waals surface area (Å²) in [5.41, 5.74) is 0.744. The number of nitrogens with zero attached hydrogens (tertiary/aromatic N) is 4. The van der Waals surface area contributed by atoms with E-state index in [4.69, 9.17) is 0 Å². The minimum atomic E-state index is -3.57. The normalized spacial score (nSPS) is 15.5. The summed E-state index contributed by atoms with van der Waals surface area (Å²) < 4.78 is 29.1. The Labute approximate surface area is 183 Å². The number of rotatable bonds is 5. The van der Waals surface area contributed by atoms with Gasteiger partial charge in [-0.15, -0.1) is 11.3 Å². The number of fused-ring (bicyclic) bond motifs is 1. The highest BCUT2D eigenvalue weighted by molar-refractivity contribution is 7.89. The molecule has 11 heteroatoms. The number of nitro groups is 1. The second kappa shape index (κ2) is 8.06. The molecule has 1 aliphatic rings. The maximum absolute atomic E-state index is 13.0. The quantitative estimate of drug-likeness (QED) is 0.428. The van der Waals surface area contributed by atoms with Gasteiger partial charge in [0, 0.05) is 65.2 Å².